The number of thiocarbonyl (C=S) groups is 1. The lowest BCUT2D eigenvalue weighted by Gasteiger charge is -2.16. The molecule has 132 valence electrons. The van der Waals surface area contributed by atoms with Crippen molar-refractivity contribution in [3.05, 3.63) is 66.0 Å². The van der Waals surface area contributed by atoms with Crippen LogP contribution >= 0.6 is 12.2 Å². The van der Waals surface area contributed by atoms with Crippen molar-refractivity contribution in [2.45, 2.75) is 16.1 Å². The van der Waals surface area contributed by atoms with E-state index in [-0.39, 0.29) is 16.5 Å². The van der Waals surface area contributed by atoms with Crippen LogP contribution in [0.1, 0.15) is 11.5 Å². The first-order chi connectivity index (χ1) is 11.9. The van der Waals surface area contributed by atoms with Crippen molar-refractivity contribution in [1.29, 1.82) is 0 Å². The van der Waals surface area contributed by atoms with Gasteiger partial charge < -0.3 is 10.5 Å². The molecule has 3 atom stereocenters. The van der Waals surface area contributed by atoms with Crippen LogP contribution in [-0.4, -0.2) is 32.4 Å². The molecule has 0 amide bonds. The second-order valence-electron chi connectivity index (χ2n) is 6.15. The minimum Gasteiger partial charge on any atom is -0.393 e. The fourth-order valence-corrected chi connectivity index (χ4v) is 6.36. The maximum Gasteiger partial charge on any atom is 0.182 e. The number of nitrogens with two attached hydrogens (primary N) is 1. The minimum absolute atomic E-state index is 0.0558. The quantitative estimate of drug-likeness (QED) is 0.782. The molecule has 0 radical (unpaired) electrons. The van der Waals surface area contributed by atoms with Gasteiger partial charge in [-0.2, -0.15) is 0 Å². The molecule has 0 unspecified atom stereocenters. The summed E-state index contributed by atoms with van der Waals surface area (Å²) in [5.74, 6) is -0.986. The first-order valence-electron chi connectivity index (χ1n) is 7.69. The second-order valence-corrected chi connectivity index (χ2v) is 8.66. The van der Waals surface area contributed by atoms with Gasteiger partial charge in [0.1, 0.15) is 5.82 Å². The molecule has 4 nitrogen and oxygen atoms in total. The van der Waals surface area contributed by atoms with Gasteiger partial charge in [0, 0.05) is 13.0 Å². The zero-order chi connectivity index (χ0) is 18.2. The summed E-state index contributed by atoms with van der Waals surface area (Å²) >= 11 is 5.21. The molecule has 25 heavy (non-hydrogen) atoms. The molecular weight excluding hydrogens is 361 g/mol. The molecule has 1 aliphatic carbocycles. The highest BCUT2D eigenvalue weighted by molar-refractivity contribution is 7.92. The molecule has 1 saturated carbocycles. The molecule has 2 N–H and O–H groups in total. The Bertz CT molecular complexity index is 902. The van der Waals surface area contributed by atoms with E-state index in [0.29, 0.717) is 5.56 Å². The molecule has 7 heteroatoms. The average Bonchev–Trinajstić information content (AvgIpc) is 3.27. The summed E-state index contributed by atoms with van der Waals surface area (Å²) in [6.45, 7) is 0.0558. The van der Waals surface area contributed by atoms with Gasteiger partial charge >= 0.3 is 0 Å². The summed E-state index contributed by atoms with van der Waals surface area (Å²) < 4.78 is 45.3. The van der Waals surface area contributed by atoms with Crippen molar-refractivity contribution in [1.82, 2.24) is 0 Å². The van der Waals surface area contributed by atoms with Crippen LogP contribution in [0.25, 0.3) is 0 Å². The molecule has 0 heterocycles. The molecule has 0 aromatic heterocycles. The smallest absolute Gasteiger partial charge is 0.182 e. The van der Waals surface area contributed by atoms with Crippen molar-refractivity contribution in [2.24, 2.45) is 11.1 Å². The van der Waals surface area contributed by atoms with Gasteiger partial charge in [-0.05, 0) is 29.8 Å². The van der Waals surface area contributed by atoms with Crippen molar-refractivity contribution < 1.29 is 17.5 Å². The number of rotatable bonds is 6. The Balaban J connectivity index is 2.14. The van der Waals surface area contributed by atoms with Crippen LogP contribution in [0.3, 0.4) is 0 Å². The molecule has 2 aromatic rings. The van der Waals surface area contributed by atoms with Gasteiger partial charge in [0.05, 0.1) is 27.2 Å². The van der Waals surface area contributed by atoms with Gasteiger partial charge in [-0.25, -0.2) is 12.8 Å². The highest BCUT2D eigenvalue weighted by atomic mass is 32.2. The average molecular weight is 379 g/mol. The summed E-state index contributed by atoms with van der Waals surface area (Å²) in [6.07, 6.45) is 0. The Kier molecular flexibility index (Phi) is 4.66. The monoisotopic (exact) mass is 379 g/mol. The van der Waals surface area contributed by atoms with Crippen LogP contribution in [0.15, 0.2) is 59.5 Å². The van der Waals surface area contributed by atoms with E-state index in [4.69, 9.17) is 22.7 Å². The summed E-state index contributed by atoms with van der Waals surface area (Å²) in [4.78, 5) is 0.253. The van der Waals surface area contributed by atoms with Crippen molar-refractivity contribution >= 4 is 27.0 Å². The lowest BCUT2D eigenvalue weighted by Crippen LogP contribution is -2.33. The van der Waals surface area contributed by atoms with Gasteiger partial charge in [-0.3, -0.25) is 0 Å². The van der Waals surface area contributed by atoms with Crippen molar-refractivity contribution in [2.75, 3.05) is 13.7 Å². The third-order valence-electron chi connectivity index (χ3n) is 4.71. The molecule has 3 rings (SSSR count). The lowest BCUT2D eigenvalue weighted by molar-refractivity contribution is 0.166. The number of sulfone groups is 1. The third-order valence-corrected chi connectivity index (χ3v) is 7.38. The Hall–Kier alpha value is -1.83. The number of hydrogen-bond donors (Lipinski definition) is 1. The lowest BCUT2D eigenvalue weighted by atomic mass is 10.00. The third kappa shape index (κ3) is 2.86. The normalized spacial score (nSPS) is 25.5. The SMILES string of the molecule is COC[C@]1(C(N)=S)[C@H](c2cccc(F)c2)[C@H]1S(=O)(=O)c1ccccc1. The fraction of sp³-hybridized carbons (Fsp3) is 0.278. The largest absolute Gasteiger partial charge is 0.393 e. The van der Waals surface area contributed by atoms with E-state index >= 15 is 0 Å². The van der Waals surface area contributed by atoms with Crippen molar-refractivity contribution in [3.63, 3.8) is 0 Å². The fourth-order valence-electron chi connectivity index (χ4n) is 3.57. The second kappa shape index (κ2) is 6.48. The number of hydrogen-bond acceptors (Lipinski definition) is 4. The van der Waals surface area contributed by atoms with Gasteiger partial charge in [0.2, 0.25) is 0 Å². The maximum atomic E-state index is 13.7. The van der Waals surface area contributed by atoms with Gasteiger partial charge in [-0.1, -0.05) is 42.5 Å². The highest BCUT2D eigenvalue weighted by Crippen LogP contribution is 2.64. The predicted octanol–water partition coefficient (Wildman–Crippen LogP) is 2.68. The summed E-state index contributed by atoms with van der Waals surface area (Å²) in [5.41, 5.74) is 5.44. The molecule has 0 spiro atoms. The Labute approximate surface area is 151 Å². The van der Waals surface area contributed by atoms with Gasteiger partial charge in [-0.15, -0.1) is 0 Å². The topological polar surface area (TPSA) is 69.4 Å². The zero-order valence-electron chi connectivity index (χ0n) is 13.6. The highest BCUT2D eigenvalue weighted by Gasteiger charge is 2.73. The summed E-state index contributed by atoms with van der Waals surface area (Å²) in [6, 6.07) is 14.0. The van der Waals surface area contributed by atoms with Gasteiger partial charge in [0.25, 0.3) is 0 Å². The number of halogens is 1. The van der Waals surface area contributed by atoms with E-state index in [9.17, 15) is 12.8 Å². The standard InChI is InChI=1S/C18H18FNO3S2/c1-23-11-18(17(20)24)15(12-6-5-7-13(19)10-12)16(18)25(21,22)14-8-3-2-4-9-14/h2-10,15-16H,11H2,1H3,(H2,20,24)/t15-,16-,18+/m1/s1. The molecule has 0 bridgehead atoms. The Morgan fingerprint density at radius 1 is 1.24 bits per heavy atom. The first kappa shape index (κ1) is 18.0. The van der Waals surface area contributed by atoms with E-state index in [1.54, 1.807) is 30.3 Å². The van der Waals surface area contributed by atoms with Crippen LogP contribution in [0.4, 0.5) is 4.39 Å². The summed E-state index contributed by atoms with van der Waals surface area (Å²) in [5, 5.41) is -0.887. The van der Waals surface area contributed by atoms with E-state index in [1.165, 1.54) is 31.4 Å². The maximum absolute atomic E-state index is 13.7. The van der Waals surface area contributed by atoms with Crippen molar-refractivity contribution in [3.8, 4) is 0 Å². The van der Waals surface area contributed by atoms with Crippen LogP contribution in [-0.2, 0) is 14.6 Å². The van der Waals surface area contributed by atoms with Crippen LogP contribution < -0.4 is 5.73 Å². The number of methoxy groups -OCH3 is 1. The molecular formula is C18H18FNO3S2. The predicted molar refractivity (Wildman–Crippen MR) is 97.7 cm³/mol. The number of ether oxygens (including phenoxy) is 1. The van der Waals surface area contributed by atoms with Crippen LogP contribution in [0.5, 0.6) is 0 Å². The van der Waals surface area contributed by atoms with Crippen LogP contribution in [0, 0.1) is 11.2 Å². The first-order valence-corrected chi connectivity index (χ1v) is 9.64. The molecule has 1 fully saturated rings. The Morgan fingerprint density at radius 3 is 2.48 bits per heavy atom. The Morgan fingerprint density at radius 2 is 1.92 bits per heavy atom. The van der Waals surface area contributed by atoms with E-state index in [0.717, 1.165) is 0 Å². The summed E-state index contributed by atoms with van der Waals surface area (Å²) in [7, 11) is -2.26. The van der Waals surface area contributed by atoms with Crippen LogP contribution in [0.2, 0.25) is 0 Å². The number of benzene rings is 2. The minimum atomic E-state index is -3.72. The van der Waals surface area contributed by atoms with E-state index in [2.05, 4.69) is 0 Å². The van der Waals surface area contributed by atoms with E-state index < -0.39 is 32.2 Å². The molecule has 0 aliphatic heterocycles. The van der Waals surface area contributed by atoms with E-state index in [1.807, 2.05) is 0 Å². The van der Waals surface area contributed by atoms with Gasteiger partial charge in [0.15, 0.2) is 9.84 Å². The molecule has 0 saturated heterocycles. The molecule has 1 aliphatic rings. The zero-order valence-corrected chi connectivity index (χ0v) is 15.2. The molecule has 2 aromatic carbocycles.